The lowest BCUT2D eigenvalue weighted by molar-refractivity contribution is 0.0502. The van der Waals surface area contributed by atoms with Gasteiger partial charge in [-0.05, 0) is 41.6 Å². The standard InChI is InChI=1S/C8H8INO2/c1-6(9)12-8(11)7-3-2-4-10-5-7/h2-6H,1H3. The molecule has 0 saturated heterocycles. The average molecular weight is 277 g/mol. The lowest BCUT2D eigenvalue weighted by atomic mass is 10.3. The van der Waals surface area contributed by atoms with Gasteiger partial charge in [-0.25, -0.2) is 4.79 Å². The summed E-state index contributed by atoms with van der Waals surface area (Å²) in [5.74, 6) is -0.329. The number of rotatable bonds is 2. The molecule has 0 saturated carbocycles. The van der Waals surface area contributed by atoms with Crippen LogP contribution in [0.1, 0.15) is 17.3 Å². The van der Waals surface area contributed by atoms with Crippen molar-refractivity contribution in [1.82, 2.24) is 4.98 Å². The van der Waals surface area contributed by atoms with Crippen LogP contribution in [0.4, 0.5) is 0 Å². The molecule has 0 amide bonds. The highest BCUT2D eigenvalue weighted by atomic mass is 127. The molecule has 0 spiro atoms. The Labute approximate surface area is 84.3 Å². The lowest BCUT2D eigenvalue weighted by Crippen LogP contribution is -2.09. The molecule has 0 radical (unpaired) electrons. The number of aromatic nitrogens is 1. The number of halogens is 1. The molecule has 0 fully saturated rings. The fraction of sp³-hybridized carbons (Fsp3) is 0.250. The molecule has 4 heteroatoms. The molecule has 12 heavy (non-hydrogen) atoms. The summed E-state index contributed by atoms with van der Waals surface area (Å²) in [6.07, 6.45) is 3.10. The third-order valence-corrected chi connectivity index (χ3v) is 1.42. The van der Waals surface area contributed by atoms with E-state index in [1.54, 1.807) is 25.3 Å². The first kappa shape index (κ1) is 9.44. The monoisotopic (exact) mass is 277 g/mol. The number of carbonyl (C=O) groups is 1. The second-order valence-corrected chi connectivity index (χ2v) is 3.94. The number of alkyl halides is 1. The zero-order chi connectivity index (χ0) is 8.97. The first-order chi connectivity index (χ1) is 5.70. The summed E-state index contributed by atoms with van der Waals surface area (Å²) >= 11 is 2.02. The van der Waals surface area contributed by atoms with Gasteiger partial charge in [-0.3, -0.25) is 4.98 Å². The van der Waals surface area contributed by atoms with Gasteiger partial charge in [0.2, 0.25) is 0 Å². The van der Waals surface area contributed by atoms with Crippen molar-refractivity contribution in [1.29, 1.82) is 0 Å². The number of hydrogen-bond acceptors (Lipinski definition) is 3. The van der Waals surface area contributed by atoms with Crippen LogP contribution in [0.15, 0.2) is 24.5 Å². The molecule has 1 heterocycles. The van der Waals surface area contributed by atoms with Gasteiger partial charge >= 0.3 is 5.97 Å². The summed E-state index contributed by atoms with van der Waals surface area (Å²) in [5, 5.41) is 0. The normalized spacial score (nSPS) is 12.2. The van der Waals surface area contributed by atoms with Crippen molar-refractivity contribution in [2.45, 2.75) is 11.0 Å². The van der Waals surface area contributed by atoms with Crippen molar-refractivity contribution in [3.63, 3.8) is 0 Å². The summed E-state index contributed by atoms with van der Waals surface area (Å²) in [6.45, 7) is 1.80. The number of ether oxygens (including phenoxy) is 1. The van der Waals surface area contributed by atoms with Crippen LogP contribution in [0.5, 0.6) is 0 Å². The van der Waals surface area contributed by atoms with E-state index in [2.05, 4.69) is 4.98 Å². The van der Waals surface area contributed by atoms with Crippen LogP contribution in [0.3, 0.4) is 0 Å². The fourth-order valence-electron chi connectivity index (χ4n) is 0.699. The highest BCUT2D eigenvalue weighted by Gasteiger charge is 2.08. The summed E-state index contributed by atoms with van der Waals surface area (Å²) in [7, 11) is 0. The van der Waals surface area contributed by atoms with E-state index in [9.17, 15) is 4.79 Å². The molecule has 1 aromatic heterocycles. The Morgan fingerprint density at radius 3 is 3.00 bits per heavy atom. The Bertz CT molecular complexity index is 261. The maximum Gasteiger partial charge on any atom is 0.340 e. The molecule has 1 rings (SSSR count). The van der Waals surface area contributed by atoms with Crippen molar-refractivity contribution in [3.8, 4) is 0 Å². The molecule has 0 aliphatic rings. The highest BCUT2D eigenvalue weighted by Crippen LogP contribution is 2.06. The molecule has 1 unspecified atom stereocenters. The highest BCUT2D eigenvalue weighted by molar-refractivity contribution is 14.1. The number of hydrogen-bond donors (Lipinski definition) is 0. The molecule has 1 aromatic rings. The SMILES string of the molecule is CC(I)OC(=O)c1cccnc1. The third kappa shape index (κ3) is 2.77. The summed E-state index contributed by atoms with van der Waals surface area (Å²) in [6, 6.07) is 3.38. The van der Waals surface area contributed by atoms with Crippen molar-refractivity contribution in [3.05, 3.63) is 30.1 Å². The smallest absolute Gasteiger partial charge is 0.340 e. The van der Waals surface area contributed by atoms with Crippen LogP contribution in [-0.2, 0) is 4.74 Å². The molecule has 0 aliphatic heterocycles. The Kier molecular flexibility index (Phi) is 3.46. The quantitative estimate of drug-likeness (QED) is 0.471. The molecule has 0 aliphatic carbocycles. The van der Waals surface area contributed by atoms with Gasteiger partial charge in [0, 0.05) is 12.4 Å². The Morgan fingerprint density at radius 2 is 2.50 bits per heavy atom. The maximum absolute atomic E-state index is 11.2. The predicted molar refractivity (Wildman–Crippen MR) is 53.1 cm³/mol. The molecule has 1 atom stereocenters. The second kappa shape index (κ2) is 4.39. The van der Waals surface area contributed by atoms with Gasteiger partial charge in [-0.15, -0.1) is 0 Å². The van der Waals surface area contributed by atoms with Crippen molar-refractivity contribution >= 4 is 28.6 Å². The van der Waals surface area contributed by atoms with Crippen LogP contribution < -0.4 is 0 Å². The first-order valence-corrected chi connectivity index (χ1v) is 4.70. The van der Waals surface area contributed by atoms with Crippen LogP contribution in [0, 0.1) is 0 Å². The number of nitrogens with zero attached hydrogens (tertiary/aromatic N) is 1. The zero-order valence-electron chi connectivity index (χ0n) is 6.53. The van der Waals surface area contributed by atoms with Gasteiger partial charge < -0.3 is 4.74 Å². The Balaban J connectivity index is 2.66. The van der Waals surface area contributed by atoms with Crippen LogP contribution >= 0.6 is 22.6 Å². The van der Waals surface area contributed by atoms with Crippen molar-refractivity contribution < 1.29 is 9.53 Å². The predicted octanol–water partition coefficient (Wildman–Crippen LogP) is 2.02. The lowest BCUT2D eigenvalue weighted by Gasteiger charge is -2.04. The molecule has 3 nitrogen and oxygen atoms in total. The second-order valence-electron chi connectivity index (χ2n) is 2.19. The molecule has 0 N–H and O–H groups in total. The first-order valence-electron chi connectivity index (χ1n) is 3.45. The van der Waals surface area contributed by atoms with Crippen molar-refractivity contribution in [2.24, 2.45) is 0 Å². The zero-order valence-corrected chi connectivity index (χ0v) is 8.69. The van der Waals surface area contributed by atoms with Gasteiger partial charge in [0.1, 0.15) is 4.11 Å². The third-order valence-electron chi connectivity index (χ3n) is 1.17. The van der Waals surface area contributed by atoms with Crippen molar-refractivity contribution in [2.75, 3.05) is 0 Å². The van der Waals surface area contributed by atoms with Gasteiger partial charge in [0.05, 0.1) is 5.56 Å². The van der Waals surface area contributed by atoms with Gasteiger partial charge in [0.25, 0.3) is 0 Å². The summed E-state index contributed by atoms with van der Waals surface area (Å²) in [4.78, 5) is 15.0. The van der Waals surface area contributed by atoms with Gasteiger partial charge in [-0.1, -0.05) is 0 Å². The number of carbonyl (C=O) groups excluding carboxylic acids is 1. The van der Waals surface area contributed by atoms with E-state index >= 15 is 0 Å². The summed E-state index contributed by atoms with van der Waals surface area (Å²) < 4.78 is 4.83. The van der Waals surface area contributed by atoms with E-state index in [0.717, 1.165) is 0 Å². The number of esters is 1. The number of pyridine rings is 1. The minimum absolute atomic E-state index is 0.115. The van der Waals surface area contributed by atoms with E-state index < -0.39 is 0 Å². The van der Waals surface area contributed by atoms with E-state index in [4.69, 9.17) is 4.74 Å². The largest absolute Gasteiger partial charge is 0.448 e. The van der Waals surface area contributed by atoms with Gasteiger partial charge in [0.15, 0.2) is 0 Å². The van der Waals surface area contributed by atoms with E-state index in [0.29, 0.717) is 5.56 Å². The van der Waals surface area contributed by atoms with E-state index in [1.165, 1.54) is 6.20 Å². The topological polar surface area (TPSA) is 39.2 Å². The van der Waals surface area contributed by atoms with Gasteiger partial charge in [-0.2, -0.15) is 0 Å². The van der Waals surface area contributed by atoms with E-state index in [-0.39, 0.29) is 10.1 Å². The van der Waals surface area contributed by atoms with Crippen LogP contribution in [0.2, 0.25) is 0 Å². The van der Waals surface area contributed by atoms with E-state index in [1.807, 2.05) is 22.6 Å². The molecule has 0 aromatic carbocycles. The fourth-order valence-corrected chi connectivity index (χ4v) is 0.930. The Hall–Kier alpha value is -0.650. The minimum Gasteiger partial charge on any atom is -0.448 e. The molecular weight excluding hydrogens is 269 g/mol. The molecule has 64 valence electrons. The minimum atomic E-state index is -0.329. The van der Waals surface area contributed by atoms with Crippen LogP contribution in [0.25, 0.3) is 0 Å². The Morgan fingerprint density at radius 1 is 1.75 bits per heavy atom. The average Bonchev–Trinajstić information content (AvgIpc) is 2.05. The summed E-state index contributed by atoms with van der Waals surface area (Å²) in [5.41, 5.74) is 0.487. The molecular formula is C8H8INO2. The molecule has 0 bridgehead atoms. The maximum atomic E-state index is 11.2. The van der Waals surface area contributed by atoms with Crippen LogP contribution in [-0.4, -0.2) is 15.1 Å².